The summed E-state index contributed by atoms with van der Waals surface area (Å²) in [7, 11) is -2.76. The molecule has 0 aromatic heterocycles. The van der Waals surface area contributed by atoms with Crippen molar-refractivity contribution >= 4 is 47.5 Å². The molecule has 0 saturated heterocycles. The average molecular weight is 539 g/mol. The minimum atomic E-state index is -4.60. The zero-order valence-electron chi connectivity index (χ0n) is 18.6. The molecular formula is C21H21ClF3NO6PS+. The van der Waals surface area contributed by atoms with Gasteiger partial charge in [-0.1, -0.05) is 51.1 Å². The monoisotopic (exact) mass is 538 g/mol. The van der Waals surface area contributed by atoms with Gasteiger partial charge in [0.2, 0.25) is 0 Å². The van der Waals surface area contributed by atoms with E-state index in [1.807, 2.05) is 0 Å². The van der Waals surface area contributed by atoms with Gasteiger partial charge in [0.05, 0.1) is 15.5 Å². The number of carbonyl (C=O) groups is 1. The SMILES string of the molecule is CCc1cc([N+](=O)[O-])c([P+](=O)OCSC(=O)C(C)(C)C)cc1Oc1ccc(C(F)(F)F)cc1Cl. The van der Waals surface area contributed by atoms with E-state index in [0.717, 1.165) is 36.0 Å². The molecule has 0 heterocycles. The molecule has 0 spiro atoms. The molecule has 2 aromatic carbocycles. The van der Waals surface area contributed by atoms with Crippen molar-refractivity contribution < 1.29 is 36.7 Å². The minimum Gasteiger partial charge on any atom is -0.455 e. The van der Waals surface area contributed by atoms with E-state index in [-0.39, 0.29) is 39.3 Å². The first kappa shape index (κ1) is 28.0. The topological polar surface area (TPSA) is 95.7 Å². The lowest BCUT2D eigenvalue weighted by atomic mass is 10.00. The summed E-state index contributed by atoms with van der Waals surface area (Å²) in [6.45, 7) is 6.79. The number of hydrogen-bond donors (Lipinski definition) is 0. The fourth-order valence-corrected chi connectivity index (χ4v) is 4.60. The van der Waals surface area contributed by atoms with Crippen LogP contribution in [0.5, 0.6) is 11.5 Å². The molecule has 1 unspecified atom stereocenters. The van der Waals surface area contributed by atoms with Crippen molar-refractivity contribution in [2.45, 2.75) is 40.3 Å². The molecule has 13 heteroatoms. The number of rotatable bonds is 8. The number of hydrogen-bond acceptors (Lipinski definition) is 7. The van der Waals surface area contributed by atoms with E-state index in [9.17, 15) is 32.6 Å². The molecule has 0 amide bonds. The largest absolute Gasteiger partial charge is 0.557 e. The van der Waals surface area contributed by atoms with Crippen LogP contribution < -0.4 is 10.0 Å². The Morgan fingerprint density at radius 3 is 2.32 bits per heavy atom. The van der Waals surface area contributed by atoms with E-state index in [0.29, 0.717) is 11.6 Å². The lowest BCUT2D eigenvalue weighted by molar-refractivity contribution is -0.383. The lowest BCUT2D eigenvalue weighted by Crippen LogP contribution is -2.17. The molecular weight excluding hydrogens is 518 g/mol. The molecule has 0 aliphatic rings. The Bertz CT molecular complexity index is 1120. The Kier molecular flexibility index (Phi) is 9.10. The average Bonchev–Trinajstić information content (AvgIpc) is 2.72. The Hall–Kier alpha value is -2.20. The molecule has 0 saturated carbocycles. The van der Waals surface area contributed by atoms with E-state index in [4.69, 9.17) is 20.9 Å². The first-order chi connectivity index (χ1) is 15.6. The summed E-state index contributed by atoms with van der Waals surface area (Å²) in [4.78, 5) is 22.8. The van der Waals surface area contributed by atoms with Gasteiger partial charge in [0.1, 0.15) is 11.5 Å². The van der Waals surface area contributed by atoms with Crippen LogP contribution in [-0.2, 0) is 26.5 Å². The lowest BCUT2D eigenvalue weighted by Gasteiger charge is -2.14. The van der Waals surface area contributed by atoms with Crippen molar-refractivity contribution in [2.24, 2.45) is 5.41 Å². The zero-order valence-corrected chi connectivity index (χ0v) is 21.0. The van der Waals surface area contributed by atoms with Crippen LogP contribution in [0.25, 0.3) is 0 Å². The highest BCUT2D eigenvalue weighted by Gasteiger charge is 2.36. The summed E-state index contributed by atoms with van der Waals surface area (Å²) < 4.78 is 62.2. The number of thioether (sulfide) groups is 1. The highest BCUT2D eigenvalue weighted by Crippen LogP contribution is 2.39. The van der Waals surface area contributed by atoms with E-state index in [1.165, 1.54) is 0 Å². The number of halogens is 4. The van der Waals surface area contributed by atoms with E-state index in [1.54, 1.807) is 27.7 Å². The maximum atomic E-state index is 12.9. The highest BCUT2D eigenvalue weighted by molar-refractivity contribution is 8.13. The van der Waals surface area contributed by atoms with Gasteiger partial charge in [-0.05, 0) is 29.2 Å². The summed E-state index contributed by atoms with van der Waals surface area (Å²) in [5.74, 6) is -0.388. The van der Waals surface area contributed by atoms with Gasteiger partial charge in [-0.2, -0.15) is 13.2 Å². The molecule has 0 N–H and O–H groups in total. The second kappa shape index (κ2) is 11.0. The number of nitrogens with zero attached hydrogens (tertiary/aromatic N) is 1. The predicted octanol–water partition coefficient (Wildman–Crippen LogP) is 7.27. The number of alkyl halides is 3. The molecule has 34 heavy (non-hydrogen) atoms. The van der Waals surface area contributed by atoms with Gasteiger partial charge in [0.25, 0.3) is 0 Å². The number of nitro groups is 1. The fourth-order valence-electron chi connectivity index (χ4n) is 2.56. The van der Waals surface area contributed by atoms with Crippen LogP contribution in [0.4, 0.5) is 18.9 Å². The number of carbonyl (C=O) groups excluding carboxylic acids is 1. The van der Waals surface area contributed by atoms with Crippen molar-refractivity contribution in [3.63, 3.8) is 0 Å². The normalized spacial score (nSPS) is 12.4. The molecule has 7 nitrogen and oxygen atoms in total. The molecule has 2 aromatic rings. The number of benzene rings is 2. The maximum Gasteiger partial charge on any atom is 0.557 e. The van der Waals surface area contributed by atoms with Crippen LogP contribution in [0.15, 0.2) is 30.3 Å². The Morgan fingerprint density at radius 2 is 1.82 bits per heavy atom. The van der Waals surface area contributed by atoms with Crippen LogP contribution in [-0.4, -0.2) is 16.0 Å². The summed E-state index contributed by atoms with van der Waals surface area (Å²) in [6, 6.07) is 4.80. The first-order valence-corrected chi connectivity index (χ1v) is 12.3. The third-order valence-corrected chi connectivity index (χ3v) is 7.08. The van der Waals surface area contributed by atoms with Gasteiger partial charge < -0.3 is 4.74 Å². The standard InChI is InChI=1S/C21H21ClF3NO6PS/c1-5-12-8-15(26(28)29)18(33(30)31-11-34-19(27)20(2,3)4)10-17(12)32-16-7-6-13(9-14(16)22)21(23,24)25/h6-10H,5,11H2,1-4H3/q+1. The van der Waals surface area contributed by atoms with Crippen molar-refractivity contribution in [1.29, 1.82) is 0 Å². The van der Waals surface area contributed by atoms with Crippen LogP contribution in [0.3, 0.4) is 0 Å². The van der Waals surface area contributed by atoms with Crippen molar-refractivity contribution in [2.75, 3.05) is 5.94 Å². The van der Waals surface area contributed by atoms with Gasteiger partial charge in [-0.3, -0.25) is 14.9 Å². The second-order valence-corrected chi connectivity index (χ2v) is 10.5. The van der Waals surface area contributed by atoms with Gasteiger partial charge >= 0.3 is 25.2 Å². The predicted molar refractivity (Wildman–Crippen MR) is 124 cm³/mol. The molecule has 2 rings (SSSR count). The van der Waals surface area contributed by atoms with E-state index in [2.05, 4.69) is 0 Å². The third kappa shape index (κ3) is 7.15. The van der Waals surface area contributed by atoms with Crippen LogP contribution in [0.1, 0.15) is 38.8 Å². The number of nitro benzene ring substituents is 1. The molecule has 0 radical (unpaired) electrons. The molecule has 0 aliphatic carbocycles. The minimum absolute atomic E-state index is 0.0233. The van der Waals surface area contributed by atoms with Crippen LogP contribution in [0, 0.1) is 15.5 Å². The Labute approximate surface area is 204 Å². The highest BCUT2D eigenvalue weighted by atomic mass is 35.5. The smallest absolute Gasteiger partial charge is 0.455 e. The van der Waals surface area contributed by atoms with Crippen LogP contribution >= 0.6 is 31.4 Å². The fraction of sp³-hybridized carbons (Fsp3) is 0.381. The summed E-state index contributed by atoms with van der Waals surface area (Å²) in [5.41, 5.74) is -1.76. The number of ether oxygens (including phenoxy) is 1. The molecule has 184 valence electrons. The van der Waals surface area contributed by atoms with Gasteiger partial charge in [-0.15, -0.1) is 4.52 Å². The van der Waals surface area contributed by atoms with Crippen LogP contribution in [0.2, 0.25) is 5.02 Å². The summed E-state index contributed by atoms with van der Waals surface area (Å²) in [6.07, 6.45) is -4.33. The number of aryl methyl sites for hydroxylation is 1. The Balaban J connectivity index is 2.37. The van der Waals surface area contributed by atoms with Crippen molar-refractivity contribution in [3.05, 3.63) is 56.6 Å². The molecule has 0 fully saturated rings. The summed E-state index contributed by atoms with van der Waals surface area (Å²) in [5, 5.41) is 10.7. The van der Waals surface area contributed by atoms with Gasteiger partial charge in [0, 0.05) is 23.1 Å². The zero-order chi connectivity index (χ0) is 25.8. The molecule has 0 aliphatic heterocycles. The molecule has 1 atom stereocenters. The van der Waals surface area contributed by atoms with E-state index >= 15 is 0 Å². The van der Waals surface area contributed by atoms with Crippen molar-refractivity contribution in [3.8, 4) is 11.5 Å². The van der Waals surface area contributed by atoms with Gasteiger partial charge in [-0.25, -0.2) is 0 Å². The summed E-state index contributed by atoms with van der Waals surface area (Å²) >= 11 is 6.73. The first-order valence-electron chi connectivity index (χ1n) is 9.78. The Morgan fingerprint density at radius 1 is 1.18 bits per heavy atom. The second-order valence-electron chi connectivity index (χ2n) is 7.99. The quantitative estimate of drug-likeness (QED) is 0.151. The maximum absolute atomic E-state index is 12.9. The van der Waals surface area contributed by atoms with E-state index < -0.39 is 35.8 Å². The van der Waals surface area contributed by atoms with Gasteiger partial charge in [0.15, 0.2) is 11.1 Å². The third-order valence-electron chi connectivity index (χ3n) is 4.38. The molecule has 0 bridgehead atoms. The van der Waals surface area contributed by atoms with Crippen molar-refractivity contribution in [1.82, 2.24) is 0 Å².